The van der Waals surface area contributed by atoms with Gasteiger partial charge in [-0.2, -0.15) is 0 Å². The highest BCUT2D eigenvalue weighted by atomic mass is 32.2. The van der Waals surface area contributed by atoms with Crippen LogP contribution >= 0.6 is 0 Å². The SMILES string of the molecule is COc1ccc(CCNC(=O)c2ccccc2NC(=O)CN(c2ccc(C(=O)N(C)C)cc2)S(C)(=O)=O)cc1OC. The third kappa shape index (κ3) is 8.21. The minimum absolute atomic E-state index is 0.221. The van der Waals surface area contributed by atoms with Gasteiger partial charge in [0, 0.05) is 26.2 Å². The number of para-hydroxylation sites is 1. The van der Waals surface area contributed by atoms with Crippen molar-refractivity contribution in [1.29, 1.82) is 0 Å². The number of anilines is 2. The Morgan fingerprint density at radius 2 is 1.54 bits per heavy atom. The number of methoxy groups -OCH3 is 2. The van der Waals surface area contributed by atoms with Crippen LogP contribution in [0.4, 0.5) is 11.4 Å². The molecule has 3 rings (SSSR count). The maximum absolute atomic E-state index is 13.0. The number of rotatable bonds is 12. The Morgan fingerprint density at radius 3 is 2.15 bits per heavy atom. The molecule has 0 saturated heterocycles. The second-order valence-electron chi connectivity index (χ2n) is 9.31. The third-order valence-corrected chi connectivity index (χ3v) is 7.23. The predicted octanol–water partition coefficient (Wildman–Crippen LogP) is 2.78. The van der Waals surface area contributed by atoms with Crippen LogP contribution in [0.2, 0.25) is 0 Å². The lowest BCUT2D eigenvalue weighted by Gasteiger charge is -2.22. The molecule has 0 heterocycles. The molecule has 41 heavy (non-hydrogen) atoms. The van der Waals surface area contributed by atoms with Crippen molar-refractivity contribution in [2.75, 3.05) is 57.3 Å². The summed E-state index contributed by atoms with van der Waals surface area (Å²) in [6, 6.07) is 17.9. The fourth-order valence-electron chi connectivity index (χ4n) is 3.99. The quantitative estimate of drug-likeness (QED) is 0.335. The minimum Gasteiger partial charge on any atom is -0.493 e. The van der Waals surface area contributed by atoms with Crippen LogP contribution < -0.4 is 24.4 Å². The number of carbonyl (C=O) groups excluding carboxylic acids is 3. The van der Waals surface area contributed by atoms with Gasteiger partial charge in [0.25, 0.3) is 11.8 Å². The summed E-state index contributed by atoms with van der Waals surface area (Å²) in [5, 5.41) is 5.49. The maximum atomic E-state index is 13.0. The molecule has 0 aliphatic heterocycles. The predicted molar refractivity (Wildman–Crippen MR) is 157 cm³/mol. The number of carbonyl (C=O) groups is 3. The van der Waals surface area contributed by atoms with Gasteiger partial charge in [0.2, 0.25) is 15.9 Å². The molecule has 0 aliphatic carbocycles. The van der Waals surface area contributed by atoms with Crippen LogP contribution in [-0.4, -0.2) is 78.7 Å². The highest BCUT2D eigenvalue weighted by molar-refractivity contribution is 7.92. The first-order chi connectivity index (χ1) is 19.4. The standard InChI is InChI=1S/C29H34N4O7S/c1-32(2)29(36)21-11-13-22(14-12-21)33(41(5,37)38)19-27(34)31-24-9-7-6-8-23(24)28(35)30-17-16-20-10-15-25(39-3)26(18-20)40-4/h6-15,18H,16-17,19H2,1-5H3,(H,30,35)(H,31,34). The molecule has 0 spiro atoms. The maximum Gasteiger partial charge on any atom is 0.253 e. The topological polar surface area (TPSA) is 134 Å². The number of sulfonamides is 1. The summed E-state index contributed by atoms with van der Waals surface area (Å²) in [7, 11) is 2.48. The van der Waals surface area contributed by atoms with E-state index in [1.54, 1.807) is 58.6 Å². The van der Waals surface area contributed by atoms with E-state index < -0.39 is 28.4 Å². The van der Waals surface area contributed by atoms with Crippen molar-refractivity contribution in [1.82, 2.24) is 10.2 Å². The molecule has 0 bridgehead atoms. The molecule has 0 unspecified atom stereocenters. The lowest BCUT2D eigenvalue weighted by Crippen LogP contribution is -2.38. The summed E-state index contributed by atoms with van der Waals surface area (Å²) in [5.41, 5.74) is 2.00. The molecule has 3 aromatic carbocycles. The lowest BCUT2D eigenvalue weighted by molar-refractivity contribution is -0.114. The van der Waals surface area contributed by atoms with Crippen LogP contribution in [0.5, 0.6) is 11.5 Å². The highest BCUT2D eigenvalue weighted by Crippen LogP contribution is 2.27. The molecule has 0 radical (unpaired) electrons. The molecular weight excluding hydrogens is 548 g/mol. The largest absolute Gasteiger partial charge is 0.493 e. The van der Waals surface area contributed by atoms with Gasteiger partial charge in [-0.1, -0.05) is 18.2 Å². The first kappa shape index (κ1) is 31.0. The molecule has 0 aliphatic rings. The van der Waals surface area contributed by atoms with Crippen molar-refractivity contribution in [2.45, 2.75) is 6.42 Å². The Bertz CT molecular complexity index is 1510. The summed E-state index contributed by atoms with van der Waals surface area (Å²) in [6.45, 7) is -0.208. The van der Waals surface area contributed by atoms with Gasteiger partial charge in [-0.3, -0.25) is 18.7 Å². The van der Waals surface area contributed by atoms with Gasteiger partial charge in [0.1, 0.15) is 6.54 Å². The molecule has 0 saturated carbocycles. The van der Waals surface area contributed by atoms with Crippen LogP contribution in [0.1, 0.15) is 26.3 Å². The van der Waals surface area contributed by atoms with Crippen LogP contribution in [0, 0.1) is 0 Å². The molecule has 218 valence electrons. The first-order valence-electron chi connectivity index (χ1n) is 12.6. The zero-order valence-corrected chi connectivity index (χ0v) is 24.4. The van der Waals surface area contributed by atoms with E-state index in [2.05, 4.69) is 10.6 Å². The Morgan fingerprint density at radius 1 is 0.878 bits per heavy atom. The second kappa shape index (κ2) is 13.7. The molecule has 0 fully saturated rings. The van der Waals surface area contributed by atoms with Crippen molar-refractivity contribution >= 4 is 39.1 Å². The van der Waals surface area contributed by atoms with Crippen LogP contribution in [0.3, 0.4) is 0 Å². The number of hydrogen-bond donors (Lipinski definition) is 2. The molecule has 11 nitrogen and oxygen atoms in total. The van der Waals surface area contributed by atoms with Crippen molar-refractivity contribution in [3.63, 3.8) is 0 Å². The average Bonchev–Trinajstić information content (AvgIpc) is 2.95. The first-order valence-corrected chi connectivity index (χ1v) is 14.5. The molecule has 2 N–H and O–H groups in total. The molecule has 12 heteroatoms. The fourth-order valence-corrected chi connectivity index (χ4v) is 4.85. The average molecular weight is 583 g/mol. The van der Waals surface area contributed by atoms with Gasteiger partial charge in [-0.05, 0) is 60.5 Å². The normalized spacial score (nSPS) is 10.9. The summed E-state index contributed by atoms with van der Waals surface area (Å²) in [5.74, 6) is -0.0860. The van der Waals surface area contributed by atoms with E-state index in [1.807, 2.05) is 12.1 Å². The van der Waals surface area contributed by atoms with E-state index in [4.69, 9.17) is 9.47 Å². The monoisotopic (exact) mass is 582 g/mol. The number of hydrogen-bond acceptors (Lipinski definition) is 7. The number of nitrogens with zero attached hydrogens (tertiary/aromatic N) is 2. The second-order valence-corrected chi connectivity index (χ2v) is 11.2. The van der Waals surface area contributed by atoms with E-state index in [9.17, 15) is 22.8 Å². The molecule has 0 aromatic heterocycles. The van der Waals surface area contributed by atoms with Gasteiger partial charge < -0.3 is 25.0 Å². The molecule has 3 aromatic rings. The van der Waals surface area contributed by atoms with Crippen molar-refractivity contribution in [3.8, 4) is 11.5 Å². The molecule has 0 atom stereocenters. The smallest absolute Gasteiger partial charge is 0.253 e. The van der Waals surface area contributed by atoms with Crippen molar-refractivity contribution in [2.24, 2.45) is 0 Å². The summed E-state index contributed by atoms with van der Waals surface area (Å²) in [4.78, 5) is 39.5. The van der Waals surface area contributed by atoms with E-state index in [-0.39, 0.29) is 22.8 Å². The Balaban J connectivity index is 1.68. The zero-order valence-electron chi connectivity index (χ0n) is 23.6. The Labute approximate surface area is 240 Å². The van der Waals surface area contributed by atoms with Gasteiger partial charge in [-0.25, -0.2) is 8.42 Å². The summed E-state index contributed by atoms with van der Waals surface area (Å²) < 4.78 is 36.5. The third-order valence-electron chi connectivity index (χ3n) is 6.09. The van der Waals surface area contributed by atoms with E-state index in [1.165, 1.54) is 29.2 Å². The van der Waals surface area contributed by atoms with Gasteiger partial charge in [0.05, 0.1) is 37.4 Å². The highest BCUT2D eigenvalue weighted by Gasteiger charge is 2.22. The van der Waals surface area contributed by atoms with E-state index >= 15 is 0 Å². The summed E-state index contributed by atoms with van der Waals surface area (Å²) >= 11 is 0. The number of benzene rings is 3. The van der Waals surface area contributed by atoms with Gasteiger partial charge >= 0.3 is 0 Å². The molecular formula is C29H34N4O7S. The number of nitrogens with one attached hydrogen (secondary N) is 2. The Kier molecular flexibility index (Phi) is 10.3. The molecule has 3 amide bonds. The van der Waals surface area contributed by atoms with Crippen LogP contribution in [0.25, 0.3) is 0 Å². The van der Waals surface area contributed by atoms with E-state index in [0.29, 0.717) is 30.0 Å². The van der Waals surface area contributed by atoms with Crippen LogP contribution in [0.15, 0.2) is 66.7 Å². The number of amides is 3. The van der Waals surface area contributed by atoms with Crippen molar-refractivity contribution in [3.05, 3.63) is 83.4 Å². The zero-order chi connectivity index (χ0) is 30.2. The van der Waals surface area contributed by atoms with Crippen molar-refractivity contribution < 1.29 is 32.3 Å². The van der Waals surface area contributed by atoms with Gasteiger partial charge in [-0.15, -0.1) is 0 Å². The number of ether oxygens (including phenoxy) is 2. The van der Waals surface area contributed by atoms with Gasteiger partial charge in [0.15, 0.2) is 11.5 Å². The lowest BCUT2D eigenvalue weighted by atomic mass is 10.1. The minimum atomic E-state index is -3.85. The Hall–Kier alpha value is -4.58. The van der Waals surface area contributed by atoms with Crippen LogP contribution in [-0.2, 0) is 21.2 Å². The van der Waals surface area contributed by atoms with E-state index in [0.717, 1.165) is 16.1 Å². The fraction of sp³-hybridized carbons (Fsp3) is 0.276. The summed E-state index contributed by atoms with van der Waals surface area (Å²) in [6.07, 6.45) is 1.52.